The molecule has 19 heavy (non-hydrogen) atoms. The summed E-state index contributed by atoms with van der Waals surface area (Å²) in [5.74, 6) is 0.934. The molecule has 3 heteroatoms. The van der Waals surface area contributed by atoms with Crippen LogP contribution < -0.4 is 10.1 Å². The van der Waals surface area contributed by atoms with Crippen molar-refractivity contribution in [3.63, 3.8) is 0 Å². The molecule has 0 aliphatic heterocycles. The summed E-state index contributed by atoms with van der Waals surface area (Å²) in [7, 11) is 1.86. The molecule has 1 saturated carbocycles. The predicted molar refractivity (Wildman–Crippen MR) is 75.8 cm³/mol. The molecule has 0 bridgehead atoms. The van der Waals surface area contributed by atoms with Gasteiger partial charge in [-0.05, 0) is 38.3 Å². The molecule has 1 aliphatic carbocycles. The molecule has 0 heterocycles. The lowest BCUT2D eigenvalue weighted by molar-refractivity contribution is 0.116. The molecule has 0 radical (unpaired) electrons. The van der Waals surface area contributed by atoms with Crippen LogP contribution in [0.3, 0.4) is 0 Å². The Balaban J connectivity index is 2.09. The molecule has 2 rings (SSSR count). The standard InChI is InChI=1S/C16H24FNO/c1-3-12-6-4-8-14(10-12)19-16-13(11-18-2)7-5-9-15(16)17/h5,7,9,12,14,18H,3-4,6,8,10-11H2,1-2H3. The summed E-state index contributed by atoms with van der Waals surface area (Å²) in [5, 5.41) is 3.06. The van der Waals surface area contributed by atoms with E-state index in [4.69, 9.17) is 4.74 Å². The highest BCUT2D eigenvalue weighted by molar-refractivity contribution is 5.35. The van der Waals surface area contributed by atoms with Gasteiger partial charge in [-0.2, -0.15) is 0 Å². The first kappa shape index (κ1) is 14.3. The number of hydrogen-bond donors (Lipinski definition) is 1. The summed E-state index contributed by atoms with van der Waals surface area (Å²) >= 11 is 0. The molecule has 1 aromatic carbocycles. The fourth-order valence-corrected chi connectivity index (χ4v) is 2.90. The van der Waals surface area contributed by atoms with E-state index in [1.807, 2.05) is 13.1 Å². The zero-order valence-corrected chi connectivity index (χ0v) is 11.9. The Kier molecular flexibility index (Phi) is 5.20. The molecule has 2 nitrogen and oxygen atoms in total. The van der Waals surface area contributed by atoms with Gasteiger partial charge in [-0.25, -0.2) is 4.39 Å². The highest BCUT2D eigenvalue weighted by Gasteiger charge is 2.23. The van der Waals surface area contributed by atoms with E-state index < -0.39 is 0 Å². The monoisotopic (exact) mass is 265 g/mol. The molecular formula is C16H24FNO. The lowest BCUT2D eigenvalue weighted by Crippen LogP contribution is -2.26. The number of halogens is 1. The third-order valence-electron chi connectivity index (χ3n) is 4.01. The first-order valence-corrected chi connectivity index (χ1v) is 7.33. The summed E-state index contributed by atoms with van der Waals surface area (Å²) < 4.78 is 19.9. The maximum absolute atomic E-state index is 14.0. The van der Waals surface area contributed by atoms with Crippen molar-refractivity contribution in [1.29, 1.82) is 0 Å². The first-order valence-electron chi connectivity index (χ1n) is 7.33. The maximum Gasteiger partial charge on any atom is 0.165 e. The minimum absolute atomic E-state index is 0.172. The van der Waals surface area contributed by atoms with Crippen LogP contribution in [0, 0.1) is 11.7 Å². The van der Waals surface area contributed by atoms with E-state index in [-0.39, 0.29) is 11.9 Å². The van der Waals surface area contributed by atoms with Gasteiger partial charge in [-0.3, -0.25) is 0 Å². The van der Waals surface area contributed by atoms with Gasteiger partial charge in [0.1, 0.15) is 0 Å². The second-order valence-corrected chi connectivity index (χ2v) is 5.44. The molecule has 0 amide bonds. The fourth-order valence-electron chi connectivity index (χ4n) is 2.90. The third-order valence-corrected chi connectivity index (χ3v) is 4.01. The normalized spacial score (nSPS) is 23.3. The van der Waals surface area contributed by atoms with Crippen LogP contribution in [0.25, 0.3) is 0 Å². The van der Waals surface area contributed by atoms with E-state index in [0.29, 0.717) is 12.3 Å². The SMILES string of the molecule is CCC1CCCC(Oc2c(F)cccc2CNC)C1. The summed E-state index contributed by atoms with van der Waals surface area (Å²) in [5.41, 5.74) is 0.904. The van der Waals surface area contributed by atoms with E-state index in [1.54, 1.807) is 6.07 Å². The number of para-hydroxylation sites is 1. The molecule has 0 saturated heterocycles. The van der Waals surface area contributed by atoms with Gasteiger partial charge in [-0.1, -0.05) is 31.9 Å². The number of rotatable bonds is 5. The molecule has 1 N–H and O–H groups in total. The van der Waals surface area contributed by atoms with Crippen LogP contribution in [0.1, 0.15) is 44.6 Å². The van der Waals surface area contributed by atoms with E-state index >= 15 is 0 Å². The van der Waals surface area contributed by atoms with Gasteiger partial charge in [0, 0.05) is 12.1 Å². The molecule has 0 spiro atoms. The van der Waals surface area contributed by atoms with Crippen LogP contribution >= 0.6 is 0 Å². The van der Waals surface area contributed by atoms with Crippen LogP contribution in [-0.4, -0.2) is 13.2 Å². The Bertz CT molecular complexity index is 408. The van der Waals surface area contributed by atoms with E-state index in [1.165, 1.54) is 25.3 Å². The van der Waals surface area contributed by atoms with Gasteiger partial charge in [0.2, 0.25) is 0 Å². The van der Waals surface area contributed by atoms with Gasteiger partial charge < -0.3 is 10.1 Å². The second kappa shape index (κ2) is 6.90. The first-order chi connectivity index (χ1) is 9.24. The third kappa shape index (κ3) is 3.69. The number of benzene rings is 1. The van der Waals surface area contributed by atoms with Crippen molar-refractivity contribution in [3.8, 4) is 5.75 Å². The van der Waals surface area contributed by atoms with Gasteiger partial charge >= 0.3 is 0 Å². The summed E-state index contributed by atoms with van der Waals surface area (Å²) in [6.07, 6.45) is 5.95. The molecular weight excluding hydrogens is 241 g/mol. The molecule has 1 aliphatic rings. The summed E-state index contributed by atoms with van der Waals surface area (Å²) in [4.78, 5) is 0. The van der Waals surface area contributed by atoms with E-state index in [2.05, 4.69) is 12.2 Å². The molecule has 106 valence electrons. The largest absolute Gasteiger partial charge is 0.487 e. The minimum atomic E-state index is -0.244. The van der Waals surface area contributed by atoms with Crippen molar-refractivity contribution in [1.82, 2.24) is 5.32 Å². The van der Waals surface area contributed by atoms with Gasteiger partial charge in [0.05, 0.1) is 6.10 Å². The van der Waals surface area contributed by atoms with Crippen molar-refractivity contribution in [2.24, 2.45) is 5.92 Å². The molecule has 2 atom stereocenters. The zero-order valence-electron chi connectivity index (χ0n) is 11.9. The van der Waals surface area contributed by atoms with Crippen LogP contribution in [0.4, 0.5) is 4.39 Å². The van der Waals surface area contributed by atoms with E-state index in [0.717, 1.165) is 24.3 Å². The quantitative estimate of drug-likeness (QED) is 0.872. The summed E-state index contributed by atoms with van der Waals surface area (Å²) in [6, 6.07) is 5.15. The van der Waals surface area contributed by atoms with Crippen LogP contribution in [0.15, 0.2) is 18.2 Å². The molecule has 1 aromatic rings. The minimum Gasteiger partial charge on any atom is -0.487 e. The Labute approximate surface area is 115 Å². The molecule has 2 unspecified atom stereocenters. The molecule has 0 aromatic heterocycles. The Morgan fingerprint density at radius 1 is 1.37 bits per heavy atom. The zero-order chi connectivity index (χ0) is 13.7. The van der Waals surface area contributed by atoms with Gasteiger partial charge in [-0.15, -0.1) is 0 Å². The van der Waals surface area contributed by atoms with Crippen molar-refractivity contribution >= 4 is 0 Å². The van der Waals surface area contributed by atoms with Crippen LogP contribution in [-0.2, 0) is 6.54 Å². The molecule has 1 fully saturated rings. The fraction of sp³-hybridized carbons (Fsp3) is 0.625. The number of ether oxygens (including phenoxy) is 1. The lowest BCUT2D eigenvalue weighted by atomic mass is 9.85. The van der Waals surface area contributed by atoms with Crippen molar-refractivity contribution < 1.29 is 9.13 Å². The van der Waals surface area contributed by atoms with E-state index in [9.17, 15) is 4.39 Å². The smallest absolute Gasteiger partial charge is 0.165 e. The Hall–Kier alpha value is -1.09. The van der Waals surface area contributed by atoms with Crippen molar-refractivity contribution in [2.75, 3.05) is 7.05 Å². The average molecular weight is 265 g/mol. The predicted octanol–water partition coefficient (Wildman–Crippen LogP) is 3.89. The number of nitrogens with one attached hydrogen (secondary N) is 1. The topological polar surface area (TPSA) is 21.3 Å². The Morgan fingerprint density at radius 2 is 2.21 bits per heavy atom. The summed E-state index contributed by atoms with van der Waals surface area (Å²) in [6.45, 7) is 2.86. The lowest BCUT2D eigenvalue weighted by Gasteiger charge is -2.29. The van der Waals surface area contributed by atoms with Crippen molar-refractivity contribution in [3.05, 3.63) is 29.6 Å². The van der Waals surface area contributed by atoms with Crippen LogP contribution in [0.5, 0.6) is 5.75 Å². The van der Waals surface area contributed by atoms with Gasteiger partial charge in [0.15, 0.2) is 11.6 Å². The highest BCUT2D eigenvalue weighted by Crippen LogP contribution is 2.32. The number of hydrogen-bond acceptors (Lipinski definition) is 2. The van der Waals surface area contributed by atoms with Crippen LogP contribution in [0.2, 0.25) is 0 Å². The average Bonchev–Trinajstić information content (AvgIpc) is 2.43. The maximum atomic E-state index is 14.0. The van der Waals surface area contributed by atoms with Gasteiger partial charge in [0.25, 0.3) is 0 Å². The second-order valence-electron chi connectivity index (χ2n) is 5.44. The highest BCUT2D eigenvalue weighted by atomic mass is 19.1. The van der Waals surface area contributed by atoms with Crippen molar-refractivity contribution in [2.45, 2.75) is 51.7 Å². The Morgan fingerprint density at radius 3 is 2.95 bits per heavy atom.